The van der Waals surface area contributed by atoms with Crippen LogP contribution in [-0.4, -0.2) is 7.05 Å². The molecule has 2 rings (SSSR count). The fourth-order valence-corrected chi connectivity index (χ4v) is 2.38. The summed E-state index contributed by atoms with van der Waals surface area (Å²) in [6, 6.07) is 7.48. The maximum absolute atomic E-state index is 13.5. The van der Waals surface area contributed by atoms with Gasteiger partial charge in [-0.25, -0.2) is 13.2 Å². The summed E-state index contributed by atoms with van der Waals surface area (Å²) in [7, 11) is 1.68. The molecule has 2 aromatic rings. The Morgan fingerprint density at radius 1 is 1.10 bits per heavy atom. The van der Waals surface area contributed by atoms with Gasteiger partial charge in [-0.05, 0) is 42.8 Å². The quantitative estimate of drug-likeness (QED) is 0.889. The normalized spacial score (nSPS) is 12.4. The van der Waals surface area contributed by atoms with Gasteiger partial charge in [-0.2, -0.15) is 0 Å². The molecule has 0 saturated heterocycles. The second-order valence-corrected chi connectivity index (χ2v) is 4.84. The van der Waals surface area contributed by atoms with Gasteiger partial charge in [0.2, 0.25) is 0 Å². The van der Waals surface area contributed by atoms with E-state index in [1.54, 1.807) is 19.2 Å². The molecule has 0 amide bonds. The van der Waals surface area contributed by atoms with Crippen molar-refractivity contribution in [1.82, 2.24) is 5.32 Å². The van der Waals surface area contributed by atoms with Crippen LogP contribution in [0.2, 0.25) is 5.02 Å². The fraction of sp³-hybridized carbons (Fsp3) is 0.200. The molecule has 106 valence electrons. The minimum atomic E-state index is -0.639. The lowest BCUT2D eigenvalue weighted by Gasteiger charge is -2.18. The van der Waals surface area contributed by atoms with Crippen molar-refractivity contribution in [1.29, 1.82) is 0 Å². The zero-order valence-electron chi connectivity index (χ0n) is 10.8. The predicted octanol–water partition coefficient (Wildman–Crippen LogP) is 4.26. The average molecular weight is 300 g/mol. The Hall–Kier alpha value is -1.52. The highest BCUT2D eigenvalue weighted by molar-refractivity contribution is 6.31. The summed E-state index contributed by atoms with van der Waals surface area (Å²) in [5, 5.41) is 3.00. The second kappa shape index (κ2) is 6.29. The van der Waals surface area contributed by atoms with Gasteiger partial charge in [-0.15, -0.1) is 0 Å². The van der Waals surface area contributed by atoms with Crippen LogP contribution < -0.4 is 5.32 Å². The van der Waals surface area contributed by atoms with Crippen molar-refractivity contribution in [3.05, 3.63) is 70.0 Å². The van der Waals surface area contributed by atoms with E-state index in [1.807, 2.05) is 0 Å². The molecule has 0 heterocycles. The molecule has 0 bridgehead atoms. The summed E-state index contributed by atoms with van der Waals surface area (Å²) in [5.74, 6) is -1.80. The van der Waals surface area contributed by atoms with Gasteiger partial charge in [0.05, 0.1) is 5.02 Å². The summed E-state index contributed by atoms with van der Waals surface area (Å²) in [4.78, 5) is 0. The van der Waals surface area contributed by atoms with Crippen molar-refractivity contribution in [3.63, 3.8) is 0 Å². The molecule has 0 aromatic heterocycles. The Balaban J connectivity index is 2.31. The molecule has 0 aliphatic carbocycles. The molecule has 1 atom stereocenters. The van der Waals surface area contributed by atoms with Crippen molar-refractivity contribution >= 4 is 11.6 Å². The molecule has 0 aliphatic heterocycles. The van der Waals surface area contributed by atoms with Crippen molar-refractivity contribution in [2.45, 2.75) is 12.5 Å². The highest BCUT2D eigenvalue weighted by atomic mass is 35.5. The molecular formula is C15H13ClF3N. The van der Waals surface area contributed by atoms with Crippen LogP contribution in [0.3, 0.4) is 0 Å². The lowest BCUT2D eigenvalue weighted by atomic mass is 9.98. The van der Waals surface area contributed by atoms with Crippen LogP contribution in [0.4, 0.5) is 13.2 Å². The lowest BCUT2D eigenvalue weighted by molar-refractivity contribution is 0.557. The zero-order chi connectivity index (χ0) is 14.7. The van der Waals surface area contributed by atoms with Gasteiger partial charge in [-0.3, -0.25) is 0 Å². The van der Waals surface area contributed by atoms with E-state index in [0.29, 0.717) is 17.5 Å². The van der Waals surface area contributed by atoms with Gasteiger partial charge in [0.25, 0.3) is 0 Å². The zero-order valence-corrected chi connectivity index (χ0v) is 11.5. The maximum atomic E-state index is 13.5. The Morgan fingerprint density at radius 2 is 1.75 bits per heavy atom. The van der Waals surface area contributed by atoms with E-state index in [4.69, 9.17) is 11.6 Å². The van der Waals surface area contributed by atoms with Gasteiger partial charge >= 0.3 is 0 Å². The lowest BCUT2D eigenvalue weighted by Crippen LogP contribution is -2.19. The third-order valence-corrected chi connectivity index (χ3v) is 3.47. The Labute approximate surface area is 120 Å². The Morgan fingerprint density at radius 3 is 2.35 bits per heavy atom. The van der Waals surface area contributed by atoms with E-state index < -0.39 is 17.5 Å². The summed E-state index contributed by atoms with van der Waals surface area (Å²) in [5.41, 5.74) is 1.03. The number of likely N-dealkylation sites (N-methyl/N-ethyl adjacent to an activating group) is 1. The number of nitrogens with one attached hydrogen (secondary N) is 1. The van der Waals surface area contributed by atoms with Gasteiger partial charge < -0.3 is 5.32 Å². The van der Waals surface area contributed by atoms with E-state index in [2.05, 4.69) is 5.32 Å². The topological polar surface area (TPSA) is 12.0 Å². The van der Waals surface area contributed by atoms with Crippen LogP contribution in [0.15, 0.2) is 36.4 Å². The van der Waals surface area contributed by atoms with Crippen molar-refractivity contribution in [2.24, 2.45) is 0 Å². The monoisotopic (exact) mass is 299 g/mol. The minimum absolute atomic E-state index is 0.0173. The highest BCUT2D eigenvalue weighted by Gasteiger charge is 2.16. The number of hydrogen-bond acceptors (Lipinski definition) is 1. The van der Waals surface area contributed by atoms with Crippen LogP contribution in [-0.2, 0) is 6.42 Å². The summed E-state index contributed by atoms with van der Waals surface area (Å²) in [6.07, 6.45) is 0.300. The number of hydrogen-bond donors (Lipinski definition) is 1. The van der Waals surface area contributed by atoms with Gasteiger partial charge in [0, 0.05) is 12.1 Å². The van der Waals surface area contributed by atoms with Crippen LogP contribution in [0.1, 0.15) is 17.2 Å². The molecule has 2 aromatic carbocycles. The van der Waals surface area contributed by atoms with Crippen molar-refractivity contribution in [2.75, 3.05) is 7.05 Å². The average Bonchev–Trinajstić information content (AvgIpc) is 2.38. The summed E-state index contributed by atoms with van der Waals surface area (Å²) >= 11 is 5.93. The molecular weight excluding hydrogens is 287 g/mol. The Kier molecular flexibility index (Phi) is 4.68. The molecule has 0 radical (unpaired) electrons. The second-order valence-electron chi connectivity index (χ2n) is 4.47. The number of rotatable bonds is 4. The van der Waals surface area contributed by atoms with E-state index in [0.717, 1.165) is 6.07 Å². The van der Waals surface area contributed by atoms with E-state index in [1.165, 1.54) is 18.2 Å². The van der Waals surface area contributed by atoms with Crippen molar-refractivity contribution < 1.29 is 13.2 Å². The number of halogens is 4. The standard InChI is InChI=1S/C15H13ClF3N/c1-20-14(12-3-2-4-13(19)15(12)16)7-9-5-10(17)8-11(18)6-9/h2-6,8,14,20H,7H2,1H3. The molecule has 1 N–H and O–H groups in total. The SMILES string of the molecule is CNC(Cc1cc(F)cc(F)c1)c1cccc(F)c1Cl. The maximum Gasteiger partial charge on any atom is 0.142 e. The van der Waals surface area contributed by atoms with E-state index >= 15 is 0 Å². The predicted molar refractivity (Wildman–Crippen MR) is 73.3 cm³/mol. The van der Waals surface area contributed by atoms with Crippen LogP contribution in [0, 0.1) is 17.5 Å². The molecule has 20 heavy (non-hydrogen) atoms. The van der Waals surface area contributed by atoms with Gasteiger partial charge in [0.1, 0.15) is 17.5 Å². The van der Waals surface area contributed by atoms with Gasteiger partial charge in [-0.1, -0.05) is 23.7 Å². The van der Waals surface area contributed by atoms with Crippen LogP contribution in [0.25, 0.3) is 0 Å². The largest absolute Gasteiger partial charge is 0.313 e. The smallest absolute Gasteiger partial charge is 0.142 e. The first-order chi connectivity index (χ1) is 9.51. The Bertz CT molecular complexity index is 596. The van der Waals surface area contributed by atoms with E-state index in [9.17, 15) is 13.2 Å². The molecule has 1 unspecified atom stereocenters. The molecule has 5 heteroatoms. The molecule has 0 aliphatic rings. The molecule has 0 spiro atoms. The molecule has 0 fully saturated rings. The third kappa shape index (κ3) is 3.32. The fourth-order valence-electron chi connectivity index (χ4n) is 2.12. The van der Waals surface area contributed by atoms with Crippen LogP contribution >= 0.6 is 11.6 Å². The molecule has 1 nitrogen and oxygen atoms in total. The minimum Gasteiger partial charge on any atom is -0.313 e. The summed E-state index contributed by atoms with van der Waals surface area (Å²) in [6.45, 7) is 0. The number of benzene rings is 2. The first-order valence-corrected chi connectivity index (χ1v) is 6.45. The van der Waals surface area contributed by atoms with E-state index in [-0.39, 0.29) is 11.1 Å². The molecule has 0 saturated carbocycles. The first-order valence-electron chi connectivity index (χ1n) is 6.07. The van der Waals surface area contributed by atoms with Crippen molar-refractivity contribution in [3.8, 4) is 0 Å². The van der Waals surface area contributed by atoms with Gasteiger partial charge in [0.15, 0.2) is 0 Å². The first kappa shape index (κ1) is 14.9. The highest BCUT2D eigenvalue weighted by Crippen LogP contribution is 2.28. The summed E-state index contributed by atoms with van der Waals surface area (Å²) < 4.78 is 39.8. The third-order valence-electron chi connectivity index (χ3n) is 3.07. The van der Waals surface area contributed by atoms with Crippen LogP contribution in [0.5, 0.6) is 0 Å².